The van der Waals surface area contributed by atoms with Crippen molar-refractivity contribution in [2.45, 2.75) is 130 Å². The second kappa shape index (κ2) is 14.3. The van der Waals surface area contributed by atoms with Crippen LogP contribution in [-0.2, 0) is 16.5 Å². The summed E-state index contributed by atoms with van der Waals surface area (Å²) in [6.45, 7) is 16.0. The lowest BCUT2D eigenvalue weighted by Gasteiger charge is -2.58. The van der Waals surface area contributed by atoms with Crippen molar-refractivity contribution < 1.29 is 4.74 Å². The minimum atomic E-state index is -1.93. The minimum Gasteiger partial charge on any atom is -0.378 e. The maximum atomic E-state index is 6.75. The molecule has 3 heteroatoms. The Morgan fingerprint density at radius 3 is 2.13 bits per heavy atom. The Bertz CT molecular complexity index is 1320. The molecule has 9 atom stereocenters. The summed E-state index contributed by atoms with van der Waals surface area (Å²) in [5.74, 6) is 5.39. The van der Waals surface area contributed by atoms with Crippen LogP contribution in [0.2, 0.25) is 0 Å². The molecule has 0 amide bonds. The molecule has 0 aromatic heterocycles. The van der Waals surface area contributed by atoms with E-state index < -0.39 is 6.04 Å². The molecule has 0 radical (unpaired) electrons. The van der Waals surface area contributed by atoms with E-state index in [0.717, 1.165) is 55.0 Å². The van der Waals surface area contributed by atoms with Crippen molar-refractivity contribution in [2.75, 3.05) is 6.61 Å². The molecule has 0 aliphatic heterocycles. The Kier molecular flexibility index (Phi) is 10.8. The lowest BCUT2D eigenvalue weighted by molar-refractivity contribution is -0.0640. The molecule has 2 aromatic carbocycles. The fourth-order valence-corrected chi connectivity index (χ4v) is 15.4. The Hall–Kier alpha value is -1.21. The van der Waals surface area contributed by atoms with Gasteiger partial charge in [0, 0.05) is 12.6 Å². The molecule has 2 aromatic rings. The van der Waals surface area contributed by atoms with Gasteiger partial charge in [0.25, 0.3) is 0 Å². The number of hydrogen-bond acceptors (Lipinski definition) is 2. The Balaban J connectivity index is 1.07. The molecule has 6 rings (SSSR count). The predicted molar refractivity (Wildman–Crippen MR) is 203 cm³/mol. The molecule has 1 unspecified atom stereocenters. The zero-order valence-corrected chi connectivity index (χ0v) is 31.6. The van der Waals surface area contributed by atoms with E-state index in [4.69, 9.17) is 16.5 Å². The van der Waals surface area contributed by atoms with Gasteiger partial charge in [0.2, 0.25) is 0 Å². The average Bonchev–Trinajstić information content (AvgIpc) is 3.42. The number of rotatable bonds is 12. The first-order valence-electron chi connectivity index (χ1n) is 19.1. The summed E-state index contributed by atoms with van der Waals surface area (Å²) in [7, 11) is 0. The average molecular weight is 659 g/mol. The molecule has 0 bridgehead atoms. The molecular formula is C43H63OPS. The highest BCUT2D eigenvalue weighted by molar-refractivity contribution is 8.22. The number of fused-ring (bicyclic) bond motifs is 5. The summed E-state index contributed by atoms with van der Waals surface area (Å²) in [6.07, 6.45) is 19.3. The molecule has 252 valence electrons. The maximum absolute atomic E-state index is 6.75. The quantitative estimate of drug-likeness (QED) is 0.166. The topological polar surface area (TPSA) is 9.23 Å². The van der Waals surface area contributed by atoms with Gasteiger partial charge in [-0.25, -0.2) is 0 Å². The molecule has 1 nitrogen and oxygen atoms in total. The Morgan fingerprint density at radius 1 is 0.804 bits per heavy atom. The fourth-order valence-electron chi connectivity index (χ4n) is 11.3. The highest BCUT2D eigenvalue weighted by Gasteiger charge is 2.59. The van der Waals surface area contributed by atoms with E-state index in [0.29, 0.717) is 22.6 Å². The molecule has 4 aliphatic carbocycles. The highest BCUT2D eigenvalue weighted by atomic mass is 32.4. The molecule has 3 fully saturated rings. The van der Waals surface area contributed by atoms with Gasteiger partial charge >= 0.3 is 0 Å². The van der Waals surface area contributed by atoms with E-state index in [2.05, 4.69) is 108 Å². The smallest absolute Gasteiger partial charge is 0.0612 e. The molecule has 4 aliphatic rings. The van der Waals surface area contributed by atoms with Gasteiger partial charge < -0.3 is 4.74 Å². The van der Waals surface area contributed by atoms with Crippen LogP contribution in [0.5, 0.6) is 0 Å². The first kappa shape index (κ1) is 34.6. The summed E-state index contributed by atoms with van der Waals surface area (Å²) in [4.78, 5) is 0. The third-order valence-electron chi connectivity index (χ3n) is 14.0. The zero-order chi connectivity index (χ0) is 32.5. The van der Waals surface area contributed by atoms with Crippen LogP contribution in [-0.4, -0.2) is 18.4 Å². The standard InChI is InChI=1S/C43H63OPS/c1-31(2)14-13-15-32(3)39-22-23-40-38-21-20-34-30-35(24-27-42(34,5)41(38)25-28-43(39,40)6)44-29-26-33(4)45(46,36-16-9-7-10-17-36)37-18-11-8-12-19-37/h7-12,16-20,31-33,35,38-41H,13-15,21-30H2,1-6H3/t32-,33?,35+,38+,39-,40+,41+,42+,43-/m1/s1. The van der Waals surface area contributed by atoms with Gasteiger partial charge in [-0.15, -0.1) is 0 Å². The SMILES string of the molecule is CC(C)CCC[C@@H](C)[C@H]1CC[C@H]2[C@@H]3CC=C4C[C@@H](OCCC(C)P(=S)(c5ccccc5)c5ccccc5)CC[C@]4(C)[C@H]3CC[C@]12C. The lowest BCUT2D eigenvalue weighted by atomic mass is 9.47. The van der Waals surface area contributed by atoms with Gasteiger partial charge in [-0.1, -0.05) is 145 Å². The number of ether oxygens (including phenoxy) is 1. The van der Waals surface area contributed by atoms with Crippen LogP contribution in [0.25, 0.3) is 0 Å². The van der Waals surface area contributed by atoms with Crippen LogP contribution >= 0.6 is 6.04 Å². The molecule has 0 heterocycles. The van der Waals surface area contributed by atoms with Crippen molar-refractivity contribution in [2.24, 2.45) is 46.3 Å². The van der Waals surface area contributed by atoms with Gasteiger partial charge in [-0.3, -0.25) is 0 Å². The van der Waals surface area contributed by atoms with Crippen molar-refractivity contribution in [3.8, 4) is 0 Å². The van der Waals surface area contributed by atoms with Crippen molar-refractivity contribution >= 4 is 28.5 Å². The van der Waals surface area contributed by atoms with Crippen LogP contribution in [0.4, 0.5) is 0 Å². The summed E-state index contributed by atoms with van der Waals surface area (Å²) >= 11 is 6.61. The van der Waals surface area contributed by atoms with Crippen LogP contribution in [0, 0.1) is 46.3 Å². The summed E-state index contributed by atoms with van der Waals surface area (Å²) in [5.41, 5.74) is 3.11. The summed E-state index contributed by atoms with van der Waals surface area (Å²) in [5, 5.41) is 2.66. The zero-order valence-electron chi connectivity index (χ0n) is 29.9. The summed E-state index contributed by atoms with van der Waals surface area (Å²) < 4.78 is 6.75. The molecule has 0 spiro atoms. The number of allylic oxidation sites excluding steroid dienone is 1. The molecular weight excluding hydrogens is 596 g/mol. The van der Waals surface area contributed by atoms with E-state index in [1.54, 1.807) is 5.57 Å². The monoisotopic (exact) mass is 658 g/mol. The first-order valence-corrected chi connectivity index (χ1v) is 22.0. The minimum absolute atomic E-state index is 0.366. The number of benzene rings is 2. The second-order valence-electron chi connectivity index (χ2n) is 17.0. The lowest BCUT2D eigenvalue weighted by Crippen LogP contribution is -2.51. The van der Waals surface area contributed by atoms with Crippen molar-refractivity contribution in [1.82, 2.24) is 0 Å². The number of hydrogen-bond donors (Lipinski definition) is 0. The van der Waals surface area contributed by atoms with E-state index in [1.165, 1.54) is 74.8 Å². The molecule has 0 saturated heterocycles. The molecule has 0 N–H and O–H groups in total. The normalized spacial score (nSPS) is 33.9. The van der Waals surface area contributed by atoms with E-state index in [-0.39, 0.29) is 0 Å². The van der Waals surface area contributed by atoms with Gasteiger partial charge in [0.15, 0.2) is 0 Å². The van der Waals surface area contributed by atoms with Crippen molar-refractivity contribution in [1.29, 1.82) is 0 Å². The van der Waals surface area contributed by atoms with Crippen LogP contribution in [0.3, 0.4) is 0 Å². The third kappa shape index (κ3) is 6.55. The van der Waals surface area contributed by atoms with Crippen LogP contribution in [0.15, 0.2) is 72.3 Å². The van der Waals surface area contributed by atoms with Gasteiger partial charge in [-0.2, -0.15) is 0 Å². The second-order valence-corrected chi connectivity index (χ2v) is 22.0. The van der Waals surface area contributed by atoms with Crippen LogP contribution < -0.4 is 10.6 Å². The maximum Gasteiger partial charge on any atom is 0.0612 e. The predicted octanol–water partition coefficient (Wildman–Crippen LogP) is 11.3. The van der Waals surface area contributed by atoms with E-state index in [9.17, 15) is 0 Å². The first-order chi connectivity index (χ1) is 22.1. The van der Waals surface area contributed by atoms with E-state index in [1.807, 2.05) is 0 Å². The third-order valence-corrected chi connectivity index (χ3v) is 20.0. The summed E-state index contributed by atoms with van der Waals surface area (Å²) in [6, 6.07) is 19.9. The molecule has 3 saturated carbocycles. The van der Waals surface area contributed by atoms with Gasteiger partial charge in [0.05, 0.1) is 6.10 Å². The fraction of sp³-hybridized carbons (Fsp3) is 0.674. The molecule has 46 heavy (non-hydrogen) atoms. The van der Waals surface area contributed by atoms with E-state index >= 15 is 0 Å². The Morgan fingerprint density at radius 2 is 1.48 bits per heavy atom. The van der Waals surface area contributed by atoms with Crippen LogP contribution in [0.1, 0.15) is 119 Å². The highest BCUT2D eigenvalue weighted by Crippen LogP contribution is 2.67. The van der Waals surface area contributed by atoms with Gasteiger partial charge in [-0.05, 0) is 120 Å². The largest absolute Gasteiger partial charge is 0.378 e. The Labute approximate surface area is 287 Å². The van der Waals surface area contributed by atoms with Crippen molar-refractivity contribution in [3.63, 3.8) is 0 Å². The van der Waals surface area contributed by atoms with Gasteiger partial charge in [0.1, 0.15) is 0 Å². The van der Waals surface area contributed by atoms with Crippen molar-refractivity contribution in [3.05, 3.63) is 72.3 Å².